The summed E-state index contributed by atoms with van der Waals surface area (Å²) in [7, 11) is 0. The van der Waals surface area contributed by atoms with E-state index in [2.05, 4.69) is 11.1 Å². The summed E-state index contributed by atoms with van der Waals surface area (Å²) in [5, 5.41) is 0. The maximum absolute atomic E-state index is 12.5. The Morgan fingerprint density at radius 3 is 2.75 bits per heavy atom. The van der Waals surface area contributed by atoms with Gasteiger partial charge in [-0.3, -0.25) is 9.59 Å². The Kier molecular flexibility index (Phi) is 4.34. The molecule has 0 radical (unpaired) electrons. The molecule has 0 spiro atoms. The van der Waals surface area contributed by atoms with E-state index >= 15 is 0 Å². The minimum atomic E-state index is -0.699. The number of hydrogen-bond donors (Lipinski definition) is 1. The number of H-pyrrole nitrogens is 1. The summed E-state index contributed by atoms with van der Waals surface area (Å²) in [5.41, 5.74) is 2.61. The van der Waals surface area contributed by atoms with Gasteiger partial charge in [-0.1, -0.05) is 29.8 Å². The van der Waals surface area contributed by atoms with Crippen molar-refractivity contribution in [2.45, 2.75) is 32.6 Å². The van der Waals surface area contributed by atoms with E-state index in [0.717, 1.165) is 11.1 Å². The van der Waals surface area contributed by atoms with Gasteiger partial charge in [0.25, 0.3) is 5.56 Å². The smallest absolute Gasteiger partial charge is 0.343 e. The third-order valence-corrected chi connectivity index (χ3v) is 4.31. The van der Waals surface area contributed by atoms with E-state index in [9.17, 15) is 14.4 Å². The van der Waals surface area contributed by atoms with Crippen LogP contribution in [0.1, 0.15) is 56.8 Å². The molecule has 2 aromatic rings. The topological polar surface area (TPSA) is 76.2 Å². The SMILES string of the molecule is CCOC(=O)c1cc2c([nH]c1=O)C[C@@H](c1cccc(C)c1)CC2=O. The maximum atomic E-state index is 12.5. The molecule has 1 aliphatic carbocycles. The molecule has 3 rings (SSSR count). The molecule has 1 N–H and O–H groups in total. The van der Waals surface area contributed by atoms with Crippen LogP contribution in [0.2, 0.25) is 0 Å². The quantitative estimate of drug-likeness (QED) is 0.880. The Morgan fingerprint density at radius 2 is 2.04 bits per heavy atom. The minimum Gasteiger partial charge on any atom is -0.462 e. The van der Waals surface area contributed by atoms with Crippen LogP contribution < -0.4 is 5.56 Å². The number of aryl methyl sites for hydroxylation is 1. The van der Waals surface area contributed by atoms with Crippen molar-refractivity contribution in [1.29, 1.82) is 0 Å². The highest BCUT2D eigenvalue weighted by atomic mass is 16.5. The average molecular weight is 325 g/mol. The molecule has 5 nitrogen and oxygen atoms in total. The predicted octanol–water partition coefficient (Wildman–Crippen LogP) is 2.77. The summed E-state index contributed by atoms with van der Waals surface area (Å²) < 4.78 is 4.87. The van der Waals surface area contributed by atoms with E-state index in [4.69, 9.17) is 4.74 Å². The predicted molar refractivity (Wildman–Crippen MR) is 89.6 cm³/mol. The molecule has 0 fully saturated rings. The number of ketones is 1. The van der Waals surface area contributed by atoms with Gasteiger partial charge in [0.2, 0.25) is 0 Å². The van der Waals surface area contributed by atoms with E-state index in [1.807, 2.05) is 25.1 Å². The Hall–Kier alpha value is -2.69. The maximum Gasteiger partial charge on any atom is 0.343 e. The monoisotopic (exact) mass is 325 g/mol. The van der Waals surface area contributed by atoms with Gasteiger partial charge in [-0.25, -0.2) is 4.79 Å². The molecule has 1 aromatic carbocycles. The summed E-state index contributed by atoms with van der Waals surface area (Å²) >= 11 is 0. The molecule has 0 saturated heterocycles. The number of esters is 1. The summed E-state index contributed by atoms with van der Waals surface area (Å²) in [4.78, 5) is 39.2. The van der Waals surface area contributed by atoms with E-state index < -0.39 is 11.5 Å². The molecule has 1 heterocycles. The van der Waals surface area contributed by atoms with Gasteiger partial charge < -0.3 is 9.72 Å². The number of hydrogen-bond acceptors (Lipinski definition) is 4. The molecule has 1 aromatic heterocycles. The number of rotatable bonds is 3. The van der Waals surface area contributed by atoms with Gasteiger partial charge in [0.1, 0.15) is 5.56 Å². The molecule has 1 atom stereocenters. The number of Topliss-reactive ketones (excluding diaryl/α,β-unsaturated/α-hetero) is 1. The van der Waals surface area contributed by atoms with Crippen LogP contribution in [0.15, 0.2) is 35.1 Å². The van der Waals surface area contributed by atoms with Gasteiger partial charge in [-0.15, -0.1) is 0 Å². The van der Waals surface area contributed by atoms with E-state index in [0.29, 0.717) is 24.1 Å². The molecule has 0 amide bonds. The highest BCUT2D eigenvalue weighted by Gasteiger charge is 2.29. The number of nitrogens with one attached hydrogen (secondary N) is 1. The molecule has 124 valence electrons. The van der Waals surface area contributed by atoms with Crippen LogP contribution in [0.5, 0.6) is 0 Å². The molecule has 0 saturated carbocycles. The van der Waals surface area contributed by atoms with E-state index in [-0.39, 0.29) is 23.9 Å². The van der Waals surface area contributed by atoms with E-state index in [1.165, 1.54) is 6.07 Å². The van der Waals surface area contributed by atoms with Crippen molar-refractivity contribution in [3.8, 4) is 0 Å². The third-order valence-electron chi connectivity index (χ3n) is 4.31. The zero-order chi connectivity index (χ0) is 17.3. The minimum absolute atomic E-state index is 0.0361. The van der Waals surface area contributed by atoms with Crippen LogP contribution in [-0.4, -0.2) is 23.3 Å². The number of fused-ring (bicyclic) bond motifs is 1. The third kappa shape index (κ3) is 3.02. The highest BCUT2D eigenvalue weighted by Crippen LogP contribution is 2.31. The number of carbonyl (C=O) groups is 2. The zero-order valence-corrected chi connectivity index (χ0v) is 13.7. The van der Waals surface area contributed by atoms with Crippen LogP contribution >= 0.6 is 0 Å². The van der Waals surface area contributed by atoms with Crippen LogP contribution in [-0.2, 0) is 11.2 Å². The van der Waals surface area contributed by atoms with Gasteiger partial charge in [0.15, 0.2) is 5.78 Å². The van der Waals surface area contributed by atoms with Gasteiger partial charge in [0.05, 0.1) is 6.61 Å². The Morgan fingerprint density at radius 1 is 1.25 bits per heavy atom. The molecule has 0 bridgehead atoms. The lowest BCUT2D eigenvalue weighted by Gasteiger charge is -2.24. The van der Waals surface area contributed by atoms with Crippen molar-refractivity contribution in [2.75, 3.05) is 6.61 Å². The fraction of sp³-hybridized carbons (Fsp3) is 0.316. The second-order valence-corrected chi connectivity index (χ2v) is 6.07. The van der Waals surface area contributed by atoms with Gasteiger partial charge >= 0.3 is 5.97 Å². The number of carbonyl (C=O) groups excluding carboxylic acids is 2. The average Bonchev–Trinajstić information content (AvgIpc) is 2.54. The second-order valence-electron chi connectivity index (χ2n) is 6.07. The molecule has 1 aliphatic rings. The van der Waals surface area contributed by atoms with Crippen molar-refractivity contribution in [3.05, 3.63) is 68.6 Å². The number of ether oxygens (including phenoxy) is 1. The van der Waals surface area contributed by atoms with Crippen LogP contribution in [0.3, 0.4) is 0 Å². The normalized spacial score (nSPS) is 16.6. The lowest BCUT2D eigenvalue weighted by molar-refractivity contribution is 0.0524. The summed E-state index contributed by atoms with van der Waals surface area (Å²) in [6.07, 6.45) is 0.938. The van der Waals surface area contributed by atoms with Crippen molar-refractivity contribution in [2.24, 2.45) is 0 Å². The Bertz CT molecular complexity index is 866. The first-order valence-corrected chi connectivity index (χ1v) is 8.02. The van der Waals surface area contributed by atoms with Gasteiger partial charge in [-0.05, 0) is 37.8 Å². The fourth-order valence-electron chi connectivity index (χ4n) is 3.15. The first kappa shape index (κ1) is 16.2. The van der Waals surface area contributed by atoms with Crippen LogP contribution in [0.25, 0.3) is 0 Å². The summed E-state index contributed by atoms with van der Waals surface area (Å²) in [6, 6.07) is 9.42. The van der Waals surface area contributed by atoms with Crippen molar-refractivity contribution < 1.29 is 14.3 Å². The number of aromatic nitrogens is 1. The molecule has 0 unspecified atom stereocenters. The highest BCUT2D eigenvalue weighted by molar-refractivity contribution is 6.01. The molecule has 5 heteroatoms. The zero-order valence-electron chi connectivity index (χ0n) is 13.7. The molecular weight excluding hydrogens is 306 g/mol. The van der Waals surface area contributed by atoms with Crippen molar-refractivity contribution >= 4 is 11.8 Å². The van der Waals surface area contributed by atoms with Crippen molar-refractivity contribution in [1.82, 2.24) is 4.98 Å². The lowest BCUT2D eigenvalue weighted by atomic mass is 9.81. The number of aromatic amines is 1. The first-order valence-electron chi connectivity index (χ1n) is 8.02. The second kappa shape index (κ2) is 6.43. The van der Waals surface area contributed by atoms with Gasteiger partial charge in [-0.2, -0.15) is 0 Å². The van der Waals surface area contributed by atoms with E-state index in [1.54, 1.807) is 6.92 Å². The Labute approximate surface area is 139 Å². The molecule has 24 heavy (non-hydrogen) atoms. The largest absolute Gasteiger partial charge is 0.462 e. The summed E-state index contributed by atoms with van der Waals surface area (Å²) in [5.74, 6) is -0.728. The lowest BCUT2D eigenvalue weighted by Crippen LogP contribution is -2.28. The van der Waals surface area contributed by atoms with Gasteiger partial charge in [0, 0.05) is 17.7 Å². The first-order chi connectivity index (χ1) is 11.5. The van der Waals surface area contributed by atoms with Crippen LogP contribution in [0.4, 0.5) is 0 Å². The molecule has 0 aliphatic heterocycles. The van der Waals surface area contributed by atoms with Crippen LogP contribution in [0, 0.1) is 6.92 Å². The number of benzene rings is 1. The van der Waals surface area contributed by atoms with Crippen molar-refractivity contribution in [3.63, 3.8) is 0 Å². The molecular formula is C19H19NO4. The number of pyridine rings is 1. The fourth-order valence-corrected chi connectivity index (χ4v) is 3.15. The Balaban J connectivity index is 1.97. The summed E-state index contributed by atoms with van der Waals surface area (Å²) in [6.45, 7) is 3.86. The standard InChI is InChI=1S/C19H19NO4/c1-3-24-19(23)15-10-14-16(20-18(15)22)8-13(9-17(14)21)12-6-4-5-11(2)7-12/h4-7,10,13H,3,8-9H2,1-2H3,(H,20,22)/t13-/m1/s1.